The van der Waals surface area contributed by atoms with E-state index in [1.807, 2.05) is 12.1 Å². The molecule has 1 amide bonds. The van der Waals surface area contributed by atoms with Crippen LogP contribution in [0.5, 0.6) is 0 Å². The average Bonchev–Trinajstić information content (AvgIpc) is 2.33. The van der Waals surface area contributed by atoms with Gasteiger partial charge in [0.2, 0.25) is 5.91 Å². The molecule has 0 saturated heterocycles. The van der Waals surface area contributed by atoms with Crippen molar-refractivity contribution in [2.45, 2.75) is 32.2 Å². The highest BCUT2D eigenvalue weighted by molar-refractivity contribution is 9.09. The van der Waals surface area contributed by atoms with Gasteiger partial charge in [0, 0.05) is 30.7 Å². The second-order valence-electron chi connectivity index (χ2n) is 3.64. The monoisotopic (exact) mass is 284 g/mol. The van der Waals surface area contributed by atoms with Crippen molar-refractivity contribution < 1.29 is 4.79 Å². The predicted octanol–water partition coefficient (Wildman–Crippen LogP) is 2.65. The van der Waals surface area contributed by atoms with Crippen LogP contribution in [0, 0.1) is 0 Å². The standard InChI is InChI=1S/C12H17BrN2O/c13-7-3-1-2-6-12(16)15-10-11-5-4-8-14-9-11/h4-5,8-9H,1-3,6-7,10H2,(H,15,16). The Balaban J connectivity index is 2.11. The Kier molecular flexibility index (Phi) is 6.81. The number of rotatable bonds is 7. The molecule has 0 unspecified atom stereocenters. The van der Waals surface area contributed by atoms with E-state index in [2.05, 4.69) is 26.2 Å². The van der Waals surface area contributed by atoms with Crippen molar-refractivity contribution in [2.75, 3.05) is 5.33 Å². The number of carbonyl (C=O) groups excluding carboxylic acids is 1. The van der Waals surface area contributed by atoms with E-state index in [0.717, 1.165) is 30.2 Å². The quantitative estimate of drug-likeness (QED) is 0.618. The average molecular weight is 285 g/mol. The van der Waals surface area contributed by atoms with Crippen molar-refractivity contribution >= 4 is 21.8 Å². The summed E-state index contributed by atoms with van der Waals surface area (Å²) >= 11 is 3.37. The first kappa shape index (κ1) is 13.2. The molecule has 0 fully saturated rings. The Labute approximate surface area is 105 Å². The van der Waals surface area contributed by atoms with Gasteiger partial charge < -0.3 is 5.32 Å². The molecule has 0 spiro atoms. The normalized spacial score (nSPS) is 10.1. The summed E-state index contributed by atoms with van der Waals surface area (Å²) in [6.45, 7) is 0.575. The third kappa shape index (κ3) is 5.85. The zero-order chi connectivity index (χ0) is 11.6. The first-order chi connectivity index (χ1) is 7.83. The number of unbranched alkanes of at least 4 members (excludes halogenated alkanes) is 2. The lowest BCUT2D eigenvalue weighted by molar-refractivity contribution is -0.121. The molecule has 0 radical (unpaired) electrons. The van der Waals surface area contributed by atoms with Crippen molar-refractivity contribution in [3.8, 4) is 0 Å². The summed E-state index contributed by atoms with van der Waals surface area (Å²) in [5.41, 5.74) is 1.04. The Morgan fingerprint density at radius 3 is 2.94 bits per heavy atom. The molecule has 16 heavy (non-hydrogen) atoms. The second kappa shape index (κ2) is 8.28. The van der Waals surface area contributed by atoms with Crippen LogP contribution >= 0.6 is 15.9 Å². The van der Waals surface area contributed by atoms with Crippen molar-refractivity contribution in [3.05, 3.63) is 30.1 Å². The molecule has 1 aromatic heterocycles. The number of nitrogens with zero attached hydrogens (tertiary/aromatic N) is 1. The lowest BCUT2D eigenvalue weighted by atomic mass is 10.2. The molecule has 0 saturated carbocycles. The van der Waals surface area contributed by atoms with E-state index in [-0.39, 0.29) is 5.91 Å². The molecular formula is C12H17BrN2O. The lowest BCUT2D eigenvalue weighted by Crippen LogP contribution is -2.22. The van der Waals surface area contributed by atoms with E-state index in [1.165, 1.54) is 0 Å². The highest BCUT2D eigenvalue weighted by atomic mass is 79.9. The predicted molar refractivity (Wildman–Crippen MR) is 68.3 cm³/mol. The first-order valence-electron chi connectivity index (χ1n) is 5.54. The number of alkyl halides is 1. The molecular weight excluding hydrogens is 268 g/mol. The number of hydrogen-bond donors (Lipinski definition) is 1. The number of aromatic nitrogens is 1. The lowest BCUT2D eigenvalue weighted by Gasteiger charge is -2.04. The minimum Gasteiger partial charge on any atom is -0.352 e. The van der Waals surface area contributed by atoms with Gasteiger partial charge in [-0.1, -0.05) is 28.4 Å². The molecule has 1 N–H and O–H groups in total. The largest absolute Gasteiger partial charge is 0.352 e. The van der Waals surface area contributed by atoms with Crippen LogP contribution in [0.3, 0.4) is 0 Å². The van der Waals surface area contributed by atoms with Crippen molar-refractivity contribution in [3.63, 3.8) is 0 Å². The van der Waals surface area contributed by atoms with Gasteiger partial charge >= 0.3 is 0 Å². The molecule has 88 valence electrons. The van der Waals surface area contributed by atoms with Crippen LogP contribution in [0.4, 0.5) is 0 Å². The minimum absolute atomic E-state index is 0.124. The summed E-state index contributed by atoms with van der Waals surface area (Å²) in [7, 11) is 0. The SMILES string of the molecule is O=C(CCCCCBr)NCc1cccnc1. The van der Waals surface area contributed by atoms with Crippen LogP contribution in [0.2, 0.25) is 0 Å². The van der Waals surface area contributed by atoms with Gasteiger partial charge in [-0.15, -0.1) is 0 Å². The van der Waals surface area contributed by atoms with E-state index >= 15 is 0 Å². The van der Waals surface area contributed by atoms with Gasteiger partial charge in [-0.25, -0.2) is 0 Å². The number of hydrogen-bond acceptors (Lipinski definition) is 2. The molecule has 0 aliphatic rings. The minimum atomic E-state index is 0.124. The number of pyridine rings is 1. The van der Waals surface area contributed by atoms with Gasteiger partial charge in [0.1, 0.15) is 0 Å². The van der Waals surface area contributed by atoms with Crippen molar-refractivity contribution in [1.29, 1.82) is 0 Å². The van der Waals surface area contributed by atoms with E-state index < -0.39 is 0 Å². The molecule has 0 aromatic carbocycles. The number of halogens is 1. The molecule has 4 heteroatoms. The van der Waals surface area contributed by atoms with E-state index in [4.69, 9.17) is 0 Å². The third-order valence-corrected chi connectivity index (χ3v) is 2.81. The summed E-state index contributed by atoms with van der Waals surface area (Å²) < 4.78 is 0. The fourth-order valence-electron chi connectivity index (χ4n) is 1.35. The summed E-state index contributed by atoms with van der Waals surface area (Å²) in [4.78, 5) is 15.4. The van der Waals surface area contributed by atoms with E-state index in [0.29, 0.717) is 13.0 Å². The molecule has 0 aliphatic carbocycles. The molecule has 0 bridgehead atoms. The molecule has 3 nitrogen and oxygen atoms in total. The smallest absolute Gasteiger partial charge is 0.220 e. The summed E-state index contributed by atoms with van der Waals surface area (Å²) in [6.07, 6.45) is 7.32. The Bertz CT molecular complexity index is 303. The molecule has 1 heterocycles. The number of carbonyl (C=O) groups is 1. The topological polar surface area (TPSA) is 42.0 Å². The second-order valence-corrected chi connectivity index (χ2v) is 4.43. The summed E-state index contributed by atoms with van der Waals surface area (Å²) in [6, 6.07) is 3.83. The van der Waals surface area contributed by atoms with E-state index in [1.54, 1.807) is 12.4 Å². The fourth-order valence-corrected chi connectivity index (χ4v) is 1.75. The van der Waals surface area contributed by atoms with Crippen LogP contribution < -0.4 is 5.32 Å². The molecule has 1 rings (SSSR count). The zero-order valence-corrected chi connectivity index (χ0v) is 10.9. The summed E-state index contributed by atoms with van der Waals surface area (Å²) in [5.74, 6) is 0.124. The van der Waals surface area contributed by atoms with Crippen molar-refractivity contribution in [2.24, 2.45) is 0 Å². The molecule has 0 aliphatic heterocycles. The number of amides is 1. The third-order valence-electron chi connectivity index (χ3n) is 2.25. The maximum Gasteiger partial charge on any atom is 0.220 e. The highest BCUT2D eigenvalue weighted by Gasteiger charge is 2.00. The van der Waals surface area contributed by atoms with E-state index in [9.17, 15) is 4.79 Å². The van der Waals surface area contributed by atoms with Gasteiger partial charge in [-0.2, -0.15) is 0 Å². The van der Waals surface area contributed by atoms with Gasteiger partial charge in [-0.3, -0.25) is 9.78 Å². The highest BCUT2D eigenvalue weighted by Crippen LogP contribution is 2.02. The van der Waals surface area contributed by atoms with Gasteiger partial charge in [0.25, 0.3) is 0 Å². The van der Waals surface area contributed by atoms with Gasteiger partial charge in [0.05, 0.1) is 0 Å². The maximum atomic E-state index is 11.4. The summed E-state index contributed by atoms with van der Waals surface area (Å²) in [5, 5.41) is 3.90. The van der Waals surface area contributed by atoms with Gasteiger partial charge in [-0.05, 0) is 24.5 Å². The van der Waals surface area contributed by atoms with Crippen LogP contribution in [-0.4, -0.2) is 16.2 Å². The van der Waals surface area contributed by atoms with Crippen LogP contribution in [-0.2, 0) is 11.3 Å². The van der Waals surface area contributed by atoms with Crippen molar-refractivity contribution in [1.82, 2.24) is 10.3 Å². The van der Waals surface area contributed by atoms with Crippen LogP contribution in [0.25, 0.3) is 0 Å². The van der Waals surface area contributed by atoms with Gasteiger partial charge in [0.15, 0.2) is 0 Å². The zero-order valence-electron chi connectivity index (χ0n) is 9.29. The maximum absolute atomic E-state index is 11.4. The molecule has 0 atom stereocenters. The Morgan fingerprint density at radius 1 is 1.38 bits per heavy atom. The van der Waals surface area contributed by atoms with Crippen LogP contribution in [0.15, 0.2) is 24.5 Å². The Hall–Kier alpha value is -0.900. The van der Waals surface area contributed by atoms with Crippen LogP contribution in [0.1, 0.15) is 31.2 Å². The number of nitrogens with one attached hydrogen (secondary N) is 1. The fraction of sp³-hybridized carbons (Fsp3) is 0.500. The Morgan fingerprint density at radius 2 is 2.25 bits per heavy atom. The first-order valence-corrected chi connectivity index (χ1v) is 6.66. The molecule has 1 aromatic rings.